The first-order valence-corrected chi connectivity index (χ1v) is 13.3. The van der Waals surface area contributed by atoms with Crippen molar-refractivity contribution in [3.63, 3.8) is 0 Å². The van der Waals surface area contributed by atoms with Gasteiger partial charge in [0.25, 0.3) is 0 Å². The average Bonchev–Trinajstić information content (AvgIpc) is 3.63. The number of hydrogen-bond donors (Lipinski definition) is 0. The first-order valence-electron chi connectivity index (χ1n) is 13.3. The van der Waals surface area contributed by atoms with Crippen LogP contribution in [0.15, 0.2) is 83.6 Å². The zero-order chi connectivity index (χ0) is 25.9. The molecule has 2 atom stereocenters. The molecule has 2 heterocycles. The largest absolute Gasteiger partial charge is 0.486 e. The third kappa shape index (κ3) is 5.09. The van der Waals surface area contributed by atoms with E-state index in [1.165, 1.54) is 41.2 Å². The van der Waals surface area contributed by atoms with Crippen LogP contribution in [0.4, 0.5) is 0 Å². The van der Waals surface area contributed by atoms with Gasteiger partial charge in [0.2, 0.25) is 0 Å². The van der Waals surface area contributed by atoms with E-state index in [-0.39, 0.29) is 24.4 Å². The summed E-state index contributed by atoms with van der Waals surface area (Å²) in [6.45, 7) is 3.08. The predicted octanol–water partition coefficient (Wildman–Crippen LogP) is 5.99. The molecule has 0 saturated heterocycles. The van der Waals surface area contributed by atoms with Crippen LogP contribution in [0.2, 0.25) is 0 Å². The molecule has 4 aromatic rings. The van der Waals surface area contributed by atoms with Gasteiger partial charge in [-0.2, -0.15) is 0 Å². The Morgan fingerprint density at radius 2 is 1.87 bits per heavy atom. The van der Waals surface area contributed by atoms with E-state index >= 15 is 0 Å². The molecule has 3 aromatic carbocycles. The highest BCUT2D eigenvalue weighted by Crippen LogP contribution is 2.38. The number of methoxy groups -OCH3 is 1. The van der Waals surface area contributed by atoms with Gasteiger partial charge in [0.1, 0.15) is 18.1 Å². The van der Waals surface area contributed by atoms with Crippen LogP contribution in [0, 0.1) is 0 Å². The summed E-state index contributed by atoms with van der Waals surface area (Å²) >= 11 is 0. The normalized spacial score (nSPS) is 17.4. The molecule has 6 nitrogen and oxygen atoms in total. The van der Waals surface area contributed by atoms with Gasteiger partial charge in [-0.15, -0.1) is 0 Å². The standard InChI is InChI=1S/C32H32N2O4/c1-36-32(35)19-29(30-16-18-37-33-30)23-9-11-26(12-10-23)38-31-14-13-27-25(7-4-8-28(27)31)21-34-17-15-22-5-2-3-6-24(22)20-34/h2-12,16,18,29,31H,13-15,17,19-21H2,1H3/t29-,31+/m0/s1. The highest BCUT2D eigenvalue weighted by molar-refractivity contribution is 5.71. The Kier molecular flexibility index (Phi) is 6.97. The zero-order valence-electron chi connectivity index (χ0n) is 21.6. The Balaban J connectivity index is 1.15. The number of rotatable bonds is 8. The second-order valence-corrected chi connectivity index (χ2v) is 10.2. The first kappa shape index (κ1) is 24.4. The third-order valence-electron chi connectivity index (χ3n) is 7.89. The molecular formula is C32H32N2O4. The summed E-state index contributed by atoms with van der Waals surface area (Å²) < 4.78 is 16.4. The van der Waals surface area contributed by atoms with Gasteiger partial charge in [-0.1, -0.05) is 59.8 Å². The van der Waals surface area contributed by atoms with Gasteiger partial charge < -0.3 is 14.0 Å². The van der Waals surface area contributed by atoms with Crippen molar-refractivity contribution in [1.82, 2.24) is 10.1 Å². The molecule has 194 valence electrons. The van der Waals surface area contributed by atoms with Crippen molar-refractivity contribution in [1.29, 1.82) is 0 Å². The second kappa shape index (κ2) is 10.8. The molecule has 0 bridgehead atoms. The van der Waals surface area contributed by atoms with Gasteiger partial charge in [-0.05, 0) is 64.8 Å². The molecule has 0 saturated carbocycles. The van der Waals surface area contributed by atoms with Crippen molar-refractivity contribution in [2.75, 3.05) is 13.7 Å². The van der Waals surface area contributed by atoms with Crippen LogP contribution in [-0.4, -0.2) is 29.7 Å². The molecule has 6 heteroatoms. The minimum Gasteiger partial charge on any atom is -0.486 e. The maximum Gasteiger partial charge on any atom is 0.306 e. The van der Waals surface area contributed by atoms with E-state index in [9.17, 15) is 4.79 Å². The molecule has 0 radical (unpaired) electrons. The van der Waals surface area contributed by atoms with Crippen molar-refractivity contribution in [2.45, 2.75) is 50.8 Å². The minimum atomic E-state index is -0.287. The maximum absolute atomic E-state index is 12.0. The molecule has 0 amide bonds. The van der Waals surface area contributed by atoms with Crippen molar-refractivity contribution in [3.05, 3.63) is 118 Å². The quantitative estimate of drug-likeness (QED) is 0.272. The fraction of sp³-hybridized carbons (Fsp3) is 0.312. The number of hydrogen-bond acceptors (Lipinski definition) is 6. The topological polar surface area (TPSA) is 64.8 Å². The first-order chi connectivity index (χ1) is 18.7. The lowest BCUT2D eigenvalue weighted by atomic mass is 9.92. The molecule has 38 heavy (non-hydrogen) atoms. The summed E-state index contributed by atoms with van der Waals surface area (Å²) in [5.74, 6) is 0.304. The van der Waals surface area contributed by atoms with Crippen molar-refractivity contribution in [3.8, 4) is 5.75 Å². The lowest BCUT2D eigenvalue weighted by Gasteiger charge is -2.29. The monoisotopic (exact) mass is 508 g/mol. The molecular weight excluding hydrogens is 476 g/mol. The van der Waals surface area contributed by atoms with Crippen LogP contribution in [0.3, 0.4) is 0 Å². The fourth-order valence-corrected chi connectivity index (χ4v) is 5.88. The minimum absolute atomic E-state index is 0.0410. The van der Waals surface area contributed by atoms with Gasteiger partial charge in [0.15, 0.2) is 0 Å². The van der Waals surface area contributed by atoms with Crippen LogP contribution in [0.5, 0.6) is 5.75 Å². The summed E-state index contributed by atoms with van der Waals surface area (Å²) in [5.41, 5.74) is 8.77. The number of ether oxygens (including phenoxy) is 2. The molecule has 2 aliphatic rings. The Labute approximate surface area is 223 Å². The van der Waals surface area contributed by atoms with E-state index in [0.29, 0.717) is 5.69 Å². The average molecular weight is 509 g/mol. The van der Waals surface area contributed by atoms with Gasteiger partial charge in [-0.25, -0.2) is 0 Å². The third-order valence-corrected chi connectivity index (χ3v) is 7.89. The predicted molar refractivity (Wildman–Crippen MR) is 144 cm³/mol. The van der Waals surface area contributed by atoms with Crippen LogP contribution in [-0.2, 0) is 35.5 Å². The smallest absolute Gasteiger partial charge is 0.306 e. The number of aromatic nitrogens is 1. The Morgan fingerprint density at radius 1 is 1.03 bits per heavy atom. The highest BCUT2D eigenvalue weighted by Gasteiger charge is 2.28. The lowest BCUT2D eigenvalue weighted by molar-refractivity contribution is -0.140. The molecule has 0 unspecified atom stereocenters. The molecule has 0 N–H and O–H groups in total. The van der Waals surface area contributed by atoms with Crippen molar-refractivity contribution < 1.29 is 18.8 Å². The van der Waals surface area contributed by atoms with Crippen molar-refractivity contribution in [2.24, 2.45) is 0 Å². The van der Waals surface area contributed by atoms with Gasteiger partial charge in [0.05, 0.1) is 19.2 Å². The molecule has 1 aliphatic carbocycles. The summed E-state index contributed by atoms with van der Waals surface area (Å²) in [6, 6.07) is 25.2. The number of carbonyl (C=O) groups excluding carboxylic acids is 1. The van der Waals surface area contributed by atoms with Crippen molar-refractivity contribution >= 4 is 5.97 Å². The Morgan fingerprint density at radius 3 is 2.66 bits per heavy atom. The van der Waals surface area contributed by atoms with E-state index in [0.717, 1.165) is 50.2 Å². The van der Waals surface area contributed by atoms with Gasteiger partial charge >= 0.3 is 5.97 Å². The number of benzene rings is 3. The van der Waals surface area contributed by atoms with Gasteiger partial charge in [0, 0.05) is 31.6 Å². The van der Waals surface area contributed by atoms with Crippen LogP contribution < -0.4 is 4.74 Å². The molecule has 6 rings (SSSR count). The molecule has 1 aromatic heterocycles. The molecule has 1 aliphatic heterocycles. The molecule has 0 fully saturated rings. The van der Waals surface area contributed by atoms with E-state index in [1.54, 1.807) is 6.07 Å². The Bertz CT molecular complexity index is 1400. The highest BCUT2D eigenvalue weighted by atomic mass is 16.5. The lowest BCUT2D eigenvalue weighted by Crippen LogP contribution is -2.30. The van der Waals surface area contributed by atoms with E-state index in [1.807, 2.05) is 24.3 Å². The van der Waals surface area contributed by atoms with Crippen LogP contribution >= 0.6 is 0 Å². The van der Waals surface area contributed by atoms with Gasteiger partial charge in [-0.3, -0.25) is 9.69 Å². The second-order valence-electron chi connectivity index (χ2n) is 10.2. The summed E-state index contributed by atoms with van der Waals surface area (Å²) in [6.07, 6.45) is 4.88. The number of carbonyl (C=O) groups is 1. The maximum atomic E-state index is 12.0. The summed E-state index contributed by atoms with van der Waals surface area (Å²) in [7, 11) is 1.40. The SMILES string of the molecule is COC(=O)C[C@@H](c1ccc(O[C@@H]2CCc3c(CN4CCc5ccccc5C4)cccc32)cc1)c1ccon1. The van der Waals surface area contributed by atoms with Crippen LogP contribution in [0.1, 0.15) is 63.9 Å². The number of esters is 1. The molecule has 0 spiro atoms. The zero-order valence-corrected chi connectivity index (χ0v) is 21.6. The van der Waals surface area contributed by atoms with E-state index < -0.39 is 0 Å². The number of fused-ring (bicyclic) bond motifs is 2. The summed E-state index contributed by atoms with van der Waals surface area (Å²) in [5, 5.41) is 4.05. The van der Waals surface area contributed by atoms with Crippen LogP contribution in [0.25, 0.3) is 0 Å². The fourth-order valence-electron chi connectivity index (χ4n) is 5.88. The summed E-state index contributed by atoms with van der Waals surface area (Å²) in [4.78, 5) is 14.6. The van der Waals surface area contributed by atoms with E-state index in [4.69, 9.17) is 14.0 Å². The number of nitrogens with zero attached hydrogens (tertiary/aromatic N) is 2. The van der Waals surface area contributed by atoms with E-state index in [2.05, 4.69) is 52.5 Å². The Hall–Kier alpha value is -3.90.